The smallest absolute Gasteiger partial charge is 0.267 e. The molecule has 8 heteroatoms. The molecule has 0 aliphatic heterocycles. The molecule has 1 N–H and O–H groups in total. The molecule has 1 amide bonds. The summed E-state index contributed by atoms with van der Waals surface area (Å²) >= 11 is 2.84. The lowest BCUT2D eigenvalue weighted by molar-refractivity contribution is -0.113. The number of carbonyl (C=O) groups excluding carboxylic acids is 1. The van der Waals surface area contributed by atoms with Crippen molar-refractivity contribution in [2.24, 2.45) is 0 Å². The van der Waals surface area contributed by atoms with Crippen LogP contribution in [0.3, 0.4) is 0 Å². The molecule has 188 valence electrons. The summed E-state index contributed by atoms with van der Waals surface area (Å²) in [5.41, 5.74) is 4.53. The minimum absolute atomic E-state index is 0.113. The van der Waals surface area contributed by atoms with Gasteiger partial charge in [0.2, 0.25) is 5.91 Å². The Morgan fingerprint density at radius 3 is 2.53 bits per heavy atom. The highest BCUT2D eigenvalue weighted by Gasteiger charge is 2.20. The summed E-state index contributed by atoms with van der Waals surface area (Å²) in [6.07, 6.45) is 1.91. The summed E-state index contributed by atoms with van der Waals surface area (Å²) in [5, 5.41) is 4.15. The lowest BCUT2D eigenvalue weighted by Gasteiger charge is -2.14. The van der Waals surface area contributed by atoms with E-state index >= 15 is 0 Å². The van der Waals surface area contributed by atoms with Gasteiger partial charge in [0.15, 0.2) is 5.16 Å². The Morgan fingerprint density at radius 1 is 1.08 bits per heavy atom. The van der Waals surface area contributed by atoms with E-state index in [0.29, 0.717) is 22.8 Å². The highest BCUT2D eigenvalue weighted by Crippen LogP contribution is 2.31. The number of thiophene rings is 1. The molecular weight excluding hydrogens is 490 g/mol. The maximum atomic E-state index is 13.8. The molecule has 4 aromatic rings. The van der Waals surface area contributed by atoms with Crippen LogP contribution in [0.4, 0.5) is 5.69 Å². The number of nitrogens with zero attached hydrogens (tertiary/aromatic N) is 2. The van der Waals surface area contributed by atoms with E-state index in [1.165, 1.54) is 16.6 Å². The summed E-state index contributed by atoms with van der Waals surface area (Å²) in [6.45, 7) is 10.6. The summed E-state index contributed by atoms with van der Waals surface area (Å²) in [6, 6.07) is 13.2. The van der Waals surface area contributed by atoms with Crippen LogP contribution < -0.4 is 15.6 Å². The highest BCUT2D eigenvalue weighted by atomic mass is 32.2. The summed E-state index contributed by atoms with van der Waals surface area (Å²) in [5.74, 6) is 0.729. The van der Waals surface area contributed by atoms with Crippen LogP contribution in [0, 0.1) is 20.8 Å². The number of anilines is 1. The van der Waals surface area contributed by atoms with Crippen molar-refractivity contribution >= 4 is 44.9 Å². The maximum Gasteiger partial charge on any atom is 0.267 e. The topological polar surface area (TPSA) is 73.2 Å². The summed E-state index contributed by atoms with van der Waals surface area (Å²) in [7, 11) is 0. The maximum absolute atomic E-state index is 13.8. The van der Waals surface area contributed by atoms with Gasteiger partial charge in [-0.1, -0.05) is 37.2 Å². The van der Waals surface area contributed by atoms with Gasteiger partial charge in [0.25, 0.3) is 5.56 Å². The van der Waals surface area contributed by atoms with Gasteiger partial charge in [-0.05, 0) is 81.1 Å². The number of nitrogens with one attached hydrogen (secondary N) is 1. The van der Waals surface area contributed by atoms with Gasteiger partial charge in [-0.3, -0.25) is 14.2 Å². The molecule has 0 fully saturated rings. The van der Waals surface area contributed by atoms with Crippen molar-refractivity contribution in [3.8, 4) is 11.4 Å². The molecule has 2 heterocycles. The zero-order chi connectivity index (χ0) is 25.8. The van der Waals surface area contributed by atoms with E-state index in [9.17, 15) is 9.59 Å². The molecule has 0 saturated heterocycles. The fourth-order valence-corrected chi connectivity index (χ4v) is 6.19. The first-order valence-electron chi connectivity index (χ1n) is 12.1. The molecule has 0 bridgehead atoms. The van der Waals surface area contributed by atoms with Crippen LogP contribution in [-0.4, -0.2) is 27.8 Å². The summed E-state index contributed by atoms with van der Waals surface area (Å²) in [4.78, 5) is 33.4. The predicted molar refractivity (Wildman–Crippen MR) is 150 cm³/mol. The number of amides is 1. The van der Waals surface area contributed by atoms with Gasteiger partial charge in [-0.25, -0.2) is 4.98 Å². The van der Waals surface area contributed by atoms with Crippen LogP contribution in [0.2, 0.25) is 0 Å². The van der Waals surface area contributed by atoms with Gasteiger partial charge in [-0.15, -0.1) is 11.3 Å². The van der Waals surface area contributed by atoms with E-state index in [4.69, 9.17) is 9.72 Å². The Hall–Kier alpha value is -3.10. The average Bonchev–Trinajstić information content (AvgIpc) is 3.17. The van der Waals surface area contributed by atoms with Gasteiger partial charge >= 0.3 is 0 Å². The molecule has 0 saturated carbocycles. The quantitative estimate of drug-likeness (QED) is 0.202. The molecule has 4 rings (SSSR count). The van der Waals surface area contributed by atoms with E-state index in [2.05, 4.69) is 12.2 Å². The Bertz CT molecular complexity index is 1460. The van der Waals surface area contributed by atoms with Crippen molar-refractivity contribution in [3.05, 3.63) is 74.4 Å². The fraction of sp³-hybridized carbons (Fsp3) is 0.321. The second kappa shape index (κ2) is 11.3. The third-order valence-electron chi connectivity index (χ3n) is 6.13. The Labute approximate surface area is 219 Å². The van der Waals surface area contributed by atoms with Crippen LogP contribution in [-0.2, 0) is 11.2 Å². The van der Waals surface area contributed by atoms with Crippen molar-refractivity contribution in [2.75, 3.05) is 17.7 Å². The average molecular weight is 522 g/mol. The van der Waals surface area contributed by atoms with E-state index < -0.39 is 0 Å². The lowest BCUT2D eigenvalue weighted by Crippen LogP contribution is -2.23. The van der Waals surface area contributed by atoms with Gasteiger partial charge in [0.05, 0.1) is 23.4 Å². The number of fused-ring (bicyclic) bond motifs is 1. The van der Waals surface area contributed by atoms with Crippen LogP contribution in [0.5, 0.6) is 5.75 Å². The van der Waals surface area contributed by atoms with Crippen molar-refractivity contribution < 1.29 is 9.53 Å². The minimum atomic E-state index is -0.143. The SMILES string of the molecule is CCCc1sc2nc(SCC(=O)Nc3cccc(C)c3C)n(-c3ccc(OCC)cc3)c(=O)c2c1C. The second-order valence-electron chi connectivity index (χ2n) is 8.63. The minimum Gasteiger partial charge on any atom is -0.494 e. The number of aromatic nitrogens is 2. The normalized spacial score (nSPS) is 11.1. The van der Waals surface area contributed by atoms with Crippen LogP contribution in [0.15, 0.2) is 52.4 Å². The molecule has 0 atom stereocenters. The number of aryl methyl sites for hydroxylation is 3. The molecule has 0 spiro atoms. The monoisotopic (exact) mass is 521 g/mol. The first-order chi connectivity index (χ1) is 17.3. The molecule has 6 nitrogen and oxygen atoms in total. The Kier molecular flexibility index (Phi) is 8.16. The molecule has 36 heavy (non-hydrogen) atoms. The summed E-state index contributed by atoms with van der Waals surface area (Å²) < 4.78 is 7.19. The number of hydrogen-bond acceptors (Lipinski definition) is 6. The predicted octanol–water partition coefficient (Wildman–Crippen LogP) is 6.45. The molecular formula is C28H31N3O3S2. The number of benzene rings is 2. The van der Waals surface area contributed by atoms with Gasteiger partial charge in [0.1, 0.15) is 10.6 Å². The molecule has 0 aliphatic rings. The van der Waals surface area contributed by atoms with Gasteiger partial charge < -0.3 is 10.1 Å². The van der Waals surface area contributed by atoms with Gasteiger partial charge in [-0.2, -0.15) is 0 Å². The molecule has 2 aromatic carbocycles. The standard InChI is InChI=1S/C28H31N3O3S2/c1-6-9-23-19(5)25-26(36-23)30-28(31(27(25)33)20-12-14-21(15-13-20)34-7-2)35-16-24(32)29-22-11-8-10-17(3)18(22)4/h8,10-15H,6-7,9,16H2,1-5H3,(H,29,32). The van der Waals surface area contributed by atoms with E-state index in [-0.39, 0.29) is 17.2 Å². The zero-order valence-corrected chi connectivity index (χ0v) is 22.9. The van der Waals surface area contributed by atoms with Crippen molar-refractivity contribution in [1.82, 2.24) is 9.55 Å². The van der Waals surface area contributed by atoms with Crippen molar-refractivity contribution in [2.45, 2.75) is 52.6 Å². The van der Waals surface area contributed by atoms with E-state index in [1.54, 1.807) is 15.9 Å². The number of ether oxygens (including phenoxy) is 1. The number of carbonyl (C=O) groups is 1. The first-order valence-corrected chi connectivity index (χ1v) is 13.9. The second-order valence-corrected chi connectivity index (χ2v) is 10.7. The molecule has 2 aromatic heterocycles. The third kappa shape index (κ3) is 5.34. The van der Waals surface area contributed by atoms with Crippen LogP contribution in [0.25, 0.3) is 15.9 Å². The highest BCUT2D eigenvalue weighted by molar-refractivity contribution is 7.99. The number of rotatable bonds is 9. The van der Waals surface area contributed by atoms with Crippen LogP contribution >= 0.6 is 23.1 Å². The number of thioether (sulfide) groups is 1. The molecule has 0 aliphatic carbocycles. The Balaban J connectivity index is 1.71. The third-order valence-corrected chi connectivity index (χ3v) is 8.31. The lowest BCUT2D eigenvalue weighted by atomic mass is 10.1. The Morgan fingerprint density at radius 2 is 1.83 bits per heavy atom. The number of hydrogen-bond donors (Lipinski definition) is 1. The molecule has 0 radical (unpaired) electrons. The van der Waals surface area contributed by atoms with E-state index in [1.807, 2.05) is 70.2 Å². The van der Waals surface area contributed by atoms with Crippen molar-refractivity contribution in [3.63, 3.8) is 0 Å². The van der Waals surface area contributed by atoms with Crippen molar-refractivity contribution in [1.29, 1.82) is 0 Å². The first kappa shape index (κ1) is 26.0. The van der Waals surface area contributed by atoms with E-state index in [0.717, 1.165) is 45.8 Å². The largest absolute Gasteiger partial charge is 0.494 e. The fourth-order valence-electron chi connectivity index (χ4n) is 4.06. The van der Waals surface area contributed by atoms with Gasteiger partial charge in [0, 0.05) is 10.6 Å². The zero-order valence-electron chi connectivity index (χ0n) is 21.3. The molecule has 0 unspecified atom stereocenters. The van der Waals surface area contributed by atoms with Crippen LogP contribution in [0.1, 0.15) is 41.8 Å².